The minimum absolute atomic E-state index is 0.307. The maximum Gasteiger partial charge on any atom is 0.105 e. The molecule has 1 nitrogen and oxygen atoms in total. The van der Waals surface area contributed by atoms with E-state index in [1.165, 1.54) is 38.5 Å². The van der Waals surface area contributed by atoms with Crippen LogP contribution in [0, 0.1) is 11.8 Å². The van der Waals surface area contributed by atoms with Gasteiger partial charge < -0.3 is 5.32 Å². The second-order valence-electron chi connectivity index (χ2n) is 5.36. The molecule has 1 aliphatic carbocycles. The third-order valence-corrected chi connectivity index (χ3v) is 4.13. The number of hydrogen-bond donors (Lipinski definition) is 1. The first-order valence-electron chi connectivity index (χ1n) is 6.71. The van der Waals surface area contributed by atoms with Crippen molar-refractivity contribution in [3.8, 4) is 0 Å². The summed E-state index contributed by atoms with van der Waals surface area (Å²) in [6, 6.07) is 0. The summed E-state index contributed by atoms with van der Waals surface area (Å²) in [5.74, 6) is 1.12. The molecule has 0 aromatic heterocycles. The first kappa shape index (κ1) is 11.4. The largest absolute Gasteiger partial charge is 0.316 e. The maximum atomic E-state index is 13.7. The Kier molecular flexibility index (Phi) is 4.42. The van der Waals surface area contributed by atoms with E-state index in [2.05, 4.69) is 5.32 Å². The highest BCUT2D eigenvalue weighted by molar-refractivity contribution is 4.80. The van der Waals surface area contributed by atoms with E-state index in [1.807, 2.05) is 0 Å². The van der Waals surface area contributed by atoms with Crippen LogP contribution in [-0.2, 0) is 0 Å². The van der Waals surface area contributed by atoms with Gasteiger partial charge in [0.25, 0.3) is 0 Å². The van der Waals surface area contributed by atoms with Crippen LogP contribution in [-0.4, -0.2) is 19.3 Å². The lowest BCUT2D eigenvalue weighted by Gasteiger charge is -2.29. The predicted molar refractivity (Wildman–Crippen MR) is 61.7 cm³/mol. The van der Waals surface area contributed by atoms with Crippen molar-refractivity contribution in [1.82, 2.24) is 5.32 Å². The van der Waals surface area contributed by atoms with E-state index >= 15 is 0 Å². The molecule has 15 heavy (non-hydrogen) atoms. The molecule has 0 radical (unpaired) electrons. The molecule has 88 valence electrons. The number of hydrogen-bond acceptors (Lipinski definition) is 1. The summed E-state index contributed by atoms with van der Waals surface area (Å²) in [4.78, 5) is 0. The molecule has 2 unspecified atom stereocenters. The normalized spacial score (nSPS) is 35.0. The van der Waals surface area contributed by atoms with Crippen molar-refractivity contribution >= 4 is 0 Å². The lowest BCUT2D eigenvalue weighted by molar-refractivity contribution is 0.148. The van der Waals surface area contributed by atoms with Gasteiger partial charge in [-0.1, -0.05) is 38.5 Å². The zero-order valence-electron chi connectivity index (χ0n) is 9.68. The van der Waals surface area contributed by atoms with Gasteiger partial charge in [-0.3, -0.25) is 0 Å². The molecule has 1 aliphatic heterocycles. The Morgan fingerprint density at radius 1 is 1.00 bits per heavy atom. The van der Waals surface area contributed by atoms with Crippen LogP contribution in [0.4, 0.5) is 4.39 Å². The number of rotatable bonds is 2. The monoisotopic (exact) mass is 213 g/mol. The molecular weight excluding hydrogens is 189 g/mol. The molecule has 0 bridgehead atoms. The van der Waals surface area contributed by atoms with Crippen LogP contribution in [0.3, 0.4) is 0 Å². The van der Waals surface area contributed by atoms with Gasteiger partial charge in [0.15, 0.2) is 0 Å². The molecule has 2 fully saturated rings. The lowest BCUT2D eigenvalue weighted by Crippen LogP contribution is -2.38. The van der Waals surface area contributed by atoms with Crippen molar-refractivity contribution in [1.29, 1.82) is 0 Å². The summed E-state index contributed by atoms with van der Waals surface area (Å²) in [5, 5.41) is 3.33. The topological polar surface area (TPSA) is 12.0 Å². The third-order valence-electron chi connectivity index (χ3n) is 4.13. The first-order chi connectivity index (χ1) is 7.36. The summed E-state index contributed by atoms with van der Waals surface area (Å²) in [5.41, 5.74) is 0. The predicted octanol–water partition coefficient (Wildman–Crippen LogP) is 3.29. The summed E-state index contributed by atoms with van der Waals surface area (Å²) < 4.78 is 13.7. The Bertz CT molecular complexity index is 175. The molecule has 1 N–H and O–H groups in total. The molecule has 0 aromatic carbocycles. The number of alkyl halides is 1. The maximum absolute atomic E-state index is 13.7. The van der Waals surface area contributed by atoms with Gasteiger partial charge in [-0.25, -0.2) is 4.39 Å². The van der Waals surface area contributed by atoms with Crippen LogP contribution in [0.2, 0.25) is 0 Å². The Hall–Kier alpha value is -0.110. The molecule has 2 heteroatoms. The van der Waals surface area contributed by atoms with Crippen LogP contribution in [0.15, 0.2) is 0 Å². The van der Waals surface area contributed by atoms with Crippen LogP contribution in [0.5, 0.6) is 0 Å². The van der Waals surface area contributed by atoms with E-state index in [4.69, 9.17) is 0 Å². The molecule has 2 aliphatic rings. The Balaban J connectivity index is 1.78. The molecule has 2 rings (SSSR count). The van der Waals surface area contributed by atoms with Crippen molar-refractivity contribution in [3.05, 3.63) is 0 Å². The molecule has 0 aromatic rings. The Morgan fingerprint density at radius 3 is 2.40 bits per heavy atom. The highest BCUT2D eigenvalue weighted by atomic mass is 19.1. The minimum Gasteiger partial charge on any atom is -0.316 e. The number of piperidine rings is 1. The molecule has 0 spiro atoms. The van der Waals surface area contributed by atoms with Crippen LogP contribution >= 0.6 is 0 Å². The van der Waals surface area contributed by atoms with Gasteiger partial charge in [-0.2, -0.15) is 0 Å². The average Bonchev–Trinajstić information content (AvgIpc) is 2.50. The number of nitrogens with one attached hydrogen (secondary N) is 1. The minimum atomic E-state index is -0.533. The van der Waals surface area contributed by atoms with Gasteiger partial charge in [0.05, 0.1) is 0 Å². The van der Waals surface area contributed by atoms with Crippen molar-refractivity contribution in [2.45, 2.75) is 57.5 Å². The summed E-state index contributed by atoms with van der Waals surface area (Å²) in [7, 11) is 0. The SMILES string of the molecule is FC1CCNCC1CC1CCCCCC1. The fourth-order valence-electron chi connectivity index (χ4n) is 3.15. The Morgan fingerprint density at radius 2 is 1.73 bits per heavy atom. The average molecular weight is 213 g/mol. The first-order valence-corrected chi connectivity index (χ1v) is 6.71. The molecule has 1 heterocycles. The summed E-state index contributed by atoms with van der Waals surface area (Å²) in [6.07, 6.45) is 9.59. The van der Waals surface area contributed by atoms with Crippen molar-refractivity contribution in [2.75, 3.05) is 13.1 Å². The fourth-order valence-corrected chi connectivity index (χ4v) is 3.15. The quantitative estimate of drug-likeness (QED) is 0.694. The second kappa shape index (κ2) is 5.83. The van der Waals surface area contributed by atoms with Gasteiger partial charge in [0.1, 0.15) is 6.17 Å². The van der Waals surface area contributed by atoms with E-state index in [0.29, 0.717) is 5.92 Å². The zero-order valence-corrected chi connectivity index (χ0v) is 9.68. The fraction of sp³-hybridized carbons (Fsp3) is 1.00. The van der Waals surface area contributed by atoms with Gasteiger partial charge in [0, 0.05) is 12.5 Å². The van der Waals surface area contributed by atoms with Crippen LogP contribution in [0.25, 0.3) is 0 Å². The van der Waals surface area contributed by atoms with Crippen LogP contribution in [0.1, 0.15) is 51.4 Å². The molecule has 2 atom stereocenters. The van der Waals surface area contributed by atoms with Crippen LogP contribution < -0.4 is 5.32 Å². The van der Waals surface area contributed by atoms with E-state index in [9.17, 15) is 4.39 Å². The van der Waals surface area contributed by atoms with Gasteiger partial charge in [-0.15, -0.1) is 0 Å². The molecule has 0 amide bonds. The standard InChI is InChI=1S/C13H24FN/c14-13-7-8-15-10-12(13)9-11-5-3-1-2-4-6-11/h11-13,15H,1-10H2. The summed E-state index contributed by atoms with van der Waals surface area (Å²) in [6.45, 7) is 1.79. The van der Waals surface area contributed by atoms with Crippen molar-refractivity contribution in [2.24, 2.45) is 11.8 Å². The van der Waals surface area contributed by atoms with Gasteiger partial charge in [0.2, 0.25) is 0 Å². The second-order valence-corrected chi connectivity index (χ2v) is 5.36. The van der Waals surface area contributed by atoms with Crippen molar-refractivity contribution < 1.29 is 4.39 Å². The molecule has 1 saturated heterocycles. The molecule has 1 saturated carbocycles. The summed E-state index contributed by atoms with van der Waals surface area (Å²) >= 11 is 0. The Labute approximate surface area is 92.8 Å². The zero-order chi connectivity index (χ0) is 10.5. The number of halogens is 1. The van der Waals surface area contributed by atoms with Gasteiger partial charge >= 0.3 is 0 Å². The smallest absolute Gasteiger partial charge is 0.105 e. The highest BCUT2D eigenvalue weighted by Crippen LogP contribution is 2.31. The van der Waals surface area contributed by atoms with E-state index in [1.54, 1.807) is 0 Å². The van der Waals surface area contributed by atoms with E-state index in [0.717, 1.165) is 31.8 Å². The van der Waals surface area contributed by atoms with E-state index < -0.39 is 6.17 Å². The van der Waals surface area contributed by atoms with E-state index in [-0.39, 0.29) is 0 Å². The van der Waals surface area contributed by atoms with Gasteiger partial charge in [-0.05, 0) is 25.3 Å². The molecular formula is C13H24FN. The third kappa shape index (κ3) is 3.44. The highest BCUT2D eigenvalue weighted by Gasteiger charge is 2.27. The van der Waals surface area contributed by atoms with Crippen molar-refractivity contribution in [3.63, 3.8) is 0 Å². The lowest BCUT2D eigenvalue weighted by atomic mass is 9.84.